The molecule has 5 heteroatoms. The Balaban J connectivity index is 1.38. The van der Waals surface area contributed by atoms with Crippen LogP contribution in [0.2, 0.25) is 0 Å². The SMILES string of the molecule is Cc1ncsc1CN1Cc2cccn2CC(CCOCC2CC2)C1. The fourth-order valence-electron chi connectivity index (χ4n) is 3.53. The van der Waals surface area contributed by atoms with E-state index in [1.165, 1.54) is 29.1 Å². The lowest BCUT2D eigenvalue weighted by Crippen LogP contribution is -2.28. The molecule has 0 amide bonds. The Morgan fingerprint density at radius 2 is 2.21 bits per heavy atom. The van der Waals surface area contributed by atoms with Crippen molar-refractivity contribution in [3.8, 4) is 0 Å². The van der Waals surface area contributed by atoms with Crippen LogP contribution in [0.1, 0.15) is 35.5 Å². The fourth-order valence-corrected chi connectivity index (χ4v) is 4.35. The topological polar surface area (TPSA) is 30.3 Å². The van der Waals surface area contributed by atoms with E-state index in [4.69, 9.17) is 4.74 Å². The molecule has 2 aliphatic rings. The number of fused-ring (bicyclic) bond motifs is 1. The van der Waals surface area contributed by atoms with Crippen LogP contribution in [0.3, 0.4) is 0 Å². The van der Waals surface area contributed by atoms with Gasteiger partial charge in [-0.05, 0) is 50.2 Å². The van der Waals surface area contributed by atoms with Gasteiger partial charge in [0.2, 0.25) is 0 Å². The van der Waals surface area contributed by atoms with Gasteiger partial charge in [-0.15, -0.1) is 11.3 Å². The largest absolute Gasteiger partial charge is 0.381 e. The summed E-state index contributed by atoms with van der Waals surface area (Å²) in [7, 11) is 0. The molecule has 2 aromatic rings. The number of aryl methyl sites for hydroxylation is 1. The molecule has 24 heavy (non-hydrogen) atoms. The van der Waals surface area contributed by atoms with E-state index in [1.807, 2.05) is 5.51 Å². The van der Waals surface area contributed by atoms with Gasteiger partial charge in [0.15, 0.2) is 0 Å². The number of rotatable bonds is 7. The van der Waals surface area contributed by atoms with E-state index in [0.717, 1.165) is 51.7 Å². The normalized spacial score (nSPS) is 21.6. The third-order valence-electron chi connectivity index (χ3n) is 5.21. The lowest BCUT2D eigenvalue weighted by Gasteiger charge is -2.23. The summed E-state index contributed by atoms with van der Waals surface area (Å²) in [4.78, 5) is 8.40. The number of nitrogens with zero attached hydrogens (tertiary/aromatic N) is 3. The van der Waals surface area contributed by atoms with Gasteiger partial charge in [-0.25, -0.2) is 4.98 Å². The van der Waals surface area contributed by atoms with Gasteiger partial charge >= 0.3 is 0 Å². The summed E-state index contributed by atoms with van der Waals surface area (Å²) in [5.41, 5.74) is 4.58. The number of aromatic nitrogens is 2. The van der Waals surface area contributed by atoms with Crippen LogP contribution in [0.5, 0.6) is 0 Å². The van der Waals surface area contributed by atoms with Gasteiger partial charge in [-0.2, -0.15) is 0 Å². The molecule has 0 N–H and O–H groups in total. The molecule has 0 aromatic carbocycles. The molecule has 1 atom stereocenters. The monoisotopic (exact) mass is 345 g/mol. The van der Waals surface area contributed by atoms with Gasteiger partial charge in [-0.1, -0.05) is 0 Å². The third-order valence-corrected chi connectivity index (χ3v) is 6.13. The summed E-state index contributed by atoms with van der Waals surface area (Å²) >= 11 is 1.78. The highest BCUT2D eigenvalue weighted by Crippen LogP contribution is 2.29. The summed E-state index contributed by atoms with van der Waals surface area (Å²) < 4.78 is 8.33. The Hall–Kier alpha value is -1.17. The van der Waals surface area contributed by atoms with Crippen molar-refractivity contribution in [2.24, 2.45) is 11.8 Å². The van der Waals surface area contributed by atoms with E-state index in [0.29, 0.717) is 5.92 Å². The smallest absolute Gasteiger partial charge is 0.0798 e. The molecule has 4 rings (SSSR count). The van der Waals surface area contributed by atoms with Gasteiger partial charge < -0.3 is 9.30 Å². The molecule has 0 bridgehead atoms. The maximum atomic E-state index is 5.90. The maximum Gasteiger partial charge on any atom is 0.0798 e. The Kier molecular flexibility index (Phi) is 5.01. The first-order chi connectivity index (χ1) is 11.8. The fraction of sp³-hybridized carbons (Fsp3) is 0.632. The zero-order valence-corrected chi connectivity index (χ0v) is 15.3. The molecular formula is C19H27N3OS. The van der Waals surface area contributed by atoms with E-state index in [1.54, 1.807) is 11.3 Å². The average Bonchev–Trinajstić information content (AvgIpc) is 3.21. The molecule has 3 heterocycles. The lowest BCUT2D eigenvalue weighted by molar-refractivity contribution is 0.101. The number of hydrogen-bond donors (Lipinski definition) is 0. The Morgan fingerprint density at radius 3 is 3.00 bits per heavy atom. The first-order valence-corrected chi connectivity index (χ1v) is 9.99. The van der Waals surface area contributed by atoms with Crippen molar-refractivity contribution < 1.29 is 4.74 Å². The minimum Gasteiger partial charge on any atom is -0.381 e. The molecule has 1 saturated carbocycles. The first-order valence-electron chi connectivity index (χ1n) is 9.11. The van der Waals surface area contributed by atoms with E-state index < -0.39 is 0 Å². The van der Waals surface area contributed by atoms with Crippen LogP contribution in [0, 0.1) is 18.8 Å². The molecule has 4 nitrogen and oxygen atoms in total. The van der Waals surface area contributed by atoms with Gasteiger partial charge in [0.1, 0.15) is 0 Å². The highest BCUT2D eigenvalue weighted by molar-refractivity contribution is 7.09. The van der Waals surface area contributed by atoms with E-state index in [2.05, 4.69) is 39.7 Å². The van der Waals surface area contributed by atoms with Gasteiger partial charge in [0.25, 0.3) is 0 Å². The van der Waals surface area contributed by atoms with Crippen molar-refractivity contribution in [1.29, 1.82) is 0 Å². The van der Waals surface area contributed by atoms with Crippen LogP contribution in [-0.4, -0.2) is 34.2 Å². The minimum atomic E-state index is 0.658. The molecular weight excluding hydrogens is 318 g/mol. The molecule has 1 aliphatic heterocycles. The summed E-state index contributed by atoms with van der Waals surface area (Å²) in [6.45, 7) is 8.32. The highest BCUT2D eigenvalue weighted by atomic mass is 32.1. The molecule has 1 unspecified atom stereocenters. The lowest BCUT2D eigenvalue weighted by atomic mass is 10.1. The summed E-state index contributed by atoms with van der Waals surface area (Å²) in [5.74, 6) is 1.52. The predicted molar refractivity (Wildman–Crippen MR) is 97.0 cm³/mol. The highest BCUT2D eigenvalue weighted by Gasteiger charge is 2.24. The number of thiazole rings is 1. The molecule has 2 aromatic heterocycles. The standard InChI is InChI=1S/C19H27N3OS/c1-15-19(24-14-20-15)12-21-9-17(6-8-23-13-16-4-5-16)10-22-7-2-3-18(22)11-21/h2-3,7,14,16-17H,4-6,8-13H2,1H3. The number of hydrogen-bond acceptors (Lipinski definition) is 4. The predicted octanol–water partition coefficient (Wildman–Crippen LogP) is 3.70. The summed E-state index contributed by atoms with van der Waals surface area (Å²) in [6.07, 6.45) is 6.13. The Morgan fingerprint density at radius 1 is 1.29 bits per heavy atom. The Labute approximate surface area is 148 Å². The second-order valence-electron chi connectivity index (χ2n) is 7.36. The van der Waals surface area contributed by atoms with Crippen LogP contribution < -0.4 is 0 Å². The van der Waals surface area contributed by atoms with E-state index in [9.17, 15) is 0 Å². The van der Waals surface area contributed by atoms with Gasteiger partial charge in [0, 0.05) is 56.2 Å². The summed E-state index contributed by atoms with van der Waals surface area (Å²) in [6, 6.07) is 4.44. The first kappa shape index (κ1) is 16.3. The summed E-state index contributed by atoms with van der Waals surface area (Å²) in [5, 5.41) is 0. The van der Waals surface area contributed by atoms with E-state index >= 15 is 0 Å². The second kappa shape index (κ2) is 7.38. The van der Waals surface area contributed by atoms with Crippen LogP contribution in [0.4, 0.5) is 0 Å². The molecule has 0 radical (unpaired) electrons. The molecule has 1 fully saturated rings. The molecule has 0 saturated heterocycles. The molecule has 130 valence electrons. The van der Waals surface area contributed by atoms with Crippen LogP contribution >= 0.6 is 11.3 Å². The van der Waals surface area contributed by atoms with Crippen LogP contribution in [-0.2, 0) is 24.4 Å². The molecule has 1 aliphatic carbocycles. The van der Waals surface area contributed by atoms with Gasteiger partial charge in [-0.3, -0.25) is 4.90 Å². The van der Waals surface area contributed by atoms with Crippen molar-refractivity contribution in [2.45, 2.75) is 45.8 Å². The van der Waals surface area contributed by atoms with Gasteiger partial charge in [0.05, 0.1) is 11.2 Å². The Bertz CT molecular complexity index is 661. The van der Waals surface area contributed by atoms with Crippen LogP contribution in [0.25, 0.3) is 0 Å². The zero-order valence-electron chi connectivity index (χ0n) is 14.5. The average molecular weight is 346 g/mol. The van der Waals surface area contributed by atoms with E-state index in [-0.39, 0.29) is 0 Å². The van der Waals surface area contributed by atoms with Crippen molar-refractivity contribution in [3.05, 3.63) is 40.1 Å². The second-order valence-corrected chi connectivity index (χ2v) is 8.29. The third kappa shape index (κ3) is 4.08. The minimum absolute atomic E-state index is 0.658. The zero-order chi connectivity index (χ0) is 16.4. The maximum absolute atomic E-state index is 5.90. The quantitative estimate of drug-likeness (QED) is 0.717. The van der Waals surface area contributed by atoms with Crippen molar-refractivity contribution in [2.75, 3.05) is 19.8 Å². The van der Waals surface area contributed by atoms with Crippen molar-refractivity contribution >= 4 is 11.3 Å². The molecule has 0 spiro atoms. The van der Waals surface area contributed by atoms with Crippen LogP contribution in [0.15, 0.2) is 23.8 Å². The number of ether oxygens (including phenoxy) is 1. The van der Waals surface area contributed by atoms with Crippen molar-refractivity contribution in [3.63, 3.8) is 0 Å². The van der Waals surface area contributed by atoms with Crippen molar-refractivity contribution in [1.82, 2.24) is 14.5 Å².